The first kappa shape index (κ1) is 18.1. The van der Waals surface area contributed by atoms with Gasteiger partial charge in [-0.3, -0.25) is 25.1 Å². The van der Waals surface area contributed by atoms with Crippen molar-refractivity contribution in [1.29, 1.82) is 0 Å². The van der Waals surface area contributed by atoms with Crippen molar-refractivity contribution in [3.05, 3.63) is 52.8 Å². The summed E-state index contributed by atoms with van der Waals surface area (Å²) in [6.07, 6.45) is 0.779. The van der Waals surface area contributed by atoms with Crippen LogP contribution < -0.4 is 21.7 Å². The number of amides is 2. The van der Waals surface area contributed by atoms with E-state index in [0.29, 0.717) is 6.42 Å². The fourth-order valence-electron chi connectivity index (χ4n) is 3.13. The van der Waals surface area contributed by atoms with Crippen LogP contribution >= 0.6 is 0 Å². The normalized spacial score (nSPS) is 19.3. The smallest absolute Gasteiger partial charge is 0.256 e. The van der Waals surface area contributed by atoms with Crippen molar-refractivity contribution in [1.82, 2.24) is 31.5 Å². The van der Waals surface area contributed by atoms with Gasteiger partial charge in [0, 0.05) is 24.3 Å². The number of benzene rings is 1. The molecule has 1 fully saturated rings. The third-order valence-corrected chi connectivity index (χ3v) is 4.74. The maximum atomic E-state index is 12.3. The van der Waals surface area contributed by atoms with Crippen LogP contribution in [0.5, 0.6) is 0 Å². The highest BCUT2D eigenvalue weighted by Crippen LogP contribution is 2.21. The molecule has 0 spiro atoms. The van der Waals surface area contributed by atoms with Gasteiger partial charge in [0.25, 0.3) is 5.91 Å². The fourth-order valence-corrected chi connectivity index (χ4v) is 3.13. The lowest BCUT2D eigenvalue weighted by atomic mass is 10.0. The zero-order valence-corrected chi connectivity index (χ0v) is 15.2. The lowest BCUT2D eigenvalue weighted by Crippen LogP contribution is -2.50. The lowest BCUT2D eigenvalue weighted by molar-refractivity contribution is -0.129. The molecule has 2 aromatic rings. The second-order valence-electron chi connectivity index (χ2n) is 6.53. The van der Waals surface area contributed by atoms with E-state index in [1.165, 1.54) is 0 Å². The molecular weight excluding hydrogens is 332 g/mol. The molecule has 2 amide bonds. The van der Waals surface area contributed by atoms with Gasteiger partial charge in [-0.1, -0.05) is 30.3 Å². The maximum Gasteiger partial charge on any atom is 0.256 e. The molecule has 0 saturated carbocycles. The van der Waals surface area contributed by atoms with Gasteiger partial charge in [0.1, 0.15) is 6.04 Å². The van der Waals surface area contributed by atoms with E-state index in [-0.39, 0.29) is 24.3 Å². The molecule has 1 aromatic carbocycles. The molecule has 1 aromatic heterocycles. The number of aromatic nitrogens is 2. The highest BCUT2D eigenvalue weighted by Gasteiger charge is 2.30. The van der Waals surface area contributed by atoms with Gasteiger partial charge in [0.15, 0.2) is 0 Å². The van der Waals surface area contributed by atoms with E-state index in [9.17, 15) is 9.59 Å². The first-order chi connectivity index (χ1) is 12.5. The van der Waals surface area contributed by atoms with Crippen molar-refractivity contribution in [2.75, 3.05) is 0 Å². The number of nitrogens with one attached hydrogen (secondary N) is 4. The van der Waals surface area contributed by atoms with Crippen LogP contribution in [0.1, 0.15) is 35.0 Å². The van der Waals surface area contributed by atoms with Gasteiger partial charge in [0.05, 0.1) is 12.1 Å². The van der Waals surface area contributed by atoms with Crippen molar-refractivity contribution in [2.45, 2.75) is 38.8 Å². The summed E-state index contributed by atoms with van der Waals surface area (Å²) in [5.74, 6) is -0.549. The van der Waals surface area contributed by atoms with Crippen LogP contribution in [0, 0.1) is 13.8 Å². The SMILES string of the molecule is Cc1nn(C)c(C)c1CC(=O)NNC(=O)C1CC(c2ccccc2)NN1. The molecular formula is C18H24N6O2. The van der Waals surface area contributed by atoms with E-state index in [1.54, 1.807) is 4.68 Å². The van der Waals surface area contributed by atoms with E-state index in [4.69, 9.17) is 0 Å². The summed E-state index contributed by atoms with van der Waals surface area (Å²) < 4.78 is 1.74. The maximum absolute atomic E-state index is 12.3. The zero-order chi connectivity index (χ0) is 18.7. The van der Waals surface area contributed by atoms with Crippen molar-refractivity contribution in [3.8, 4) is 0 Å². The van der Waals surface area contributed by atoms with Crippen molar-refractivity contribution in [3.63, 3.8) is 0 Å². The predicted molar refractivity (Wildman–Crippen MR) is 96.5 cm³/mol. The number of aryl methyl sites for hydroxylation is 2. The van der Waals surface area contributed by atoms with E-state index >= 15 is 0 Å². The number of hydrogen-bond acceptors (Lipinski definition) is 5. The first-order valence-corrected chi connectivity index (χ1v) is 8.59. The van der Waals surface area contributed by atoms with E-state index in [0.717, 1.165) is 22.5 Å². The van der Waals surface area contributed by atoms with Gasteiger partial charge < -0.3 is 0 Å². The molecule has 8 nitrogen and oxygen atoms in total. The van der Waals surface area contributed by atoms with E-state index < -0.39 is 6.04 Å². The Bertz CT molecular complexity index is 802. The second-order valence-corrected chi connectivity index (χ2v) is 6.53. The molecule has 8 heteroatoms. The van der Waals surface area contributed by atoms with Crippen LogP contribution in [-0.2, 0) is 23.1 Å². The zero-order valence-electron chi connectivity index (χ0n) is 15.2. The Hall–Kier alpha value is -2.71. The molecule has 4 N–H and O–H groups in total. The summed E-state index contributed by atoms with van der Waals surface area (Å²) >= 11 is 0. The van der Waals surface area contributed by atoms with Gasteiger partial charge in [0.2, 0.25) is 5.91 Å². The Morgan fingerprint density at radius 2 is 1.92 bits per heavy atom. The monoisotopic (exact) mass is 356 g/mol. The van der Waals surface area contributed by atoms with Crippen LogP contribution in [0.3, 0.4) is 0 Å². The Morgan fingerprint density at radius 3 is 2.58 bits per heavy atom. The molecule has 1 saturated heterocycles. The van der Waals surface area contributed by atoms with Crippen LogP contribution in [0.2, 0.25) is 0 Å². The fraction of sp³-hybridized carbons (Fsp3) is 0.389. The predicted octanol–water partition coefficient (Wildman–Crippen LogP) is 0.335. The van der Waals surface area contributed by atoms with Gasteiger partial charge in [-0.05, 0) is 25.8 Å². The van der Waals surface area contributed by atoms with E-state index in [2.05, 4.69) is 26.8 Å². The molecule has 2 unspecified atom stereocenters. The number of rotatable bonds is 4. The molecule has 138 valence electrons. The minimum absolute atomic E-state index is 0.0587. The average Bonchev–Trinajstić information content (AvgIpc) is 3.22. The van der Waals surface area contributed by atoms with Crippen LogP contribution in [0.15, 0.2) is 30.3 Å². The van der Waals surface area contributed by atoms with Gasteiger partial charge in [-0.25, -0.2) is 10.9 Å². The standard InChI is InChI=1S/C18H24N6O2/c1-11-14(12(2)24(3)23-11)9-17(25)21-22-18(26)16-10-15(19-20-16)13-7-5-4-6-8-13/h4-8,15-16,19-20H,9-10H2,1-3H3,(H,21,25)(H,22,26). The highest BCUT2D eigenvalue weighted by molar-refractivity contribution is 5.86. The van der Waals surface area contributed by atoms with Crippen molar-refractivity contribution >= 4 is 11.8 Å². The average molecular weight is 356 g/mol. The number of hydrazine groups is 2. The van der Waals surface area contributed by atoms with E-state index in [1.807, 2.05) is 51.2 Å². The number of carbonyl (C=O) groups is 2. The van der Waals surface area contributed by atoms with Crippen LogP contribution in [0.4, 0.5) is 0 Å². The molecule has 3 rings (SSSR count). The number of nitrogens with zero attached hydrogens (tertiary/aromatic N) is 2. The second kappa shape index (κ2) is 7.67. The Balaban J connectivity index is 1.49. The van der Waals surface area contributed by atoms with Crippen LogP contribution in [0.25, 0.3) is 0 Å². The van der Waals surface area contributed by atoms with Crippen molar-refractivity contribution < 1.29 is 9.59 Å². The van der Waals surface area contributed by atoms with Crippen LogP contribution in [-0.4, -0.2) is 27.6 Å². The molecule has 26 heavy (non-hydrogen) atoms. The number of hydrogen-bond donors (Lipinski definition) is 4. The number of carbonyl (C=O) groups excluding carboxylic acids is 2. The summed E-state index contributed by atoms with van der Waals surface area (Å²) in [5, 5.41) is 4.29. The molecule has 1 aliphatic heterocycles. The molecule has 2 heterocycles. The third kappa shape index (κ3) is 3.92. The highest BCUT2D eigenvalue weighted by atomic mass is 16.2. The summed E-state index contributed by atoms with van der Waals surface area (Å²) in [6, 6.07) is 9.56. The topological polar surface area (TPSA) is 100 Å². The first-order valence-electron chi connectivity index (χ1n) is 8.59. The summed E-state index contributed by atoms with van der Waals surface area (Å²) in [4.78, 5) is 24.4. The quantitative estimate of drug-likeness (QED) is 0.592. The minimum atomic E-state index is -0.414. The molecule has 0 radical (unpaired) electrons. The largest absolute Gasteiger partial charge is 0.273 e. The summed E-state index contributed by atoms with van der Waals surface area (Å²) in [6.45, 7) is 3.78. The van der Waals surface area contributed by atoms with Crippen molar-refractivity contribution in [2.24, 2.45) is 7.05 Å². The Labute approximate surface area is 152 Å². The minimum Gasteiger partial charge on any atom is -0.273 e. The molecule has 0 aliphatic carbocycles. The van der Waals surface area contributed by atoms with Gasteiger partial charge in [-0.2, -0.15) is 5.10 Å². The Morgan fingerprint density at radius 1 is 1.19 bits per heavy atom. The molecule has 2 atom stereocenters. The summed E-state index contributed by atoms with van der Waals surface area (Å²) in [7, 11) is 1.84. The lowest BCUT2D eigenvalue weighted by Gasteiger charge is -2.12. The molecule has 1 aliphatic rings. The van der Waals surface area contributed by atoms with Gasteiger partial charge in [-0.15, -0.1) is 0 Å². The molecule has 0 bridgehead atoms. The third-order valence-electron chi connectivity index (χ3n) is 4.74. The van der Waals surface area contributed by atoms with Gasteiger partial charge >= 0.3 is 0 Å². The summed E-state index contributed by atoms with van der Waals surface area (Å²) in [5.41, 5.74) is 14.8. The Kier molecular flexibility index (Phi) is 5.34.